The zero-order chi connectivity index (χ0) is 21.0. The summed E-state index contributed by atoms with van der Waals surface area (Å²) in [6.45, 7) is 10.3. The van der Waals surface area contributed by atoms with Gasteiger partial charge in [0.25, 0.3) is 0 Å². The number of hydrogen-bond donors (Lipinski definition) is 0. The third kappa shape index (κ3) is 3.95. The van der Waals surface area contributed by atoms with Gasteiger partial charge in [-0.25, -0.2) is 0 Å². The van der Waals surface area contributed by atoms with E-state index in [0.717, 1.165) is 38.5 Å². The van der Waals surface area contributed by atoms with Crippen LogP contribution in [-0.2, 0) is 28.5 Å². The van der Waals surface area contributed by atoms with Gasteiger partial charge in [-0.1, -0.05) is 6.92 Å². The van der Waals surface area contributed by atoms with Crippen LogP contribution in [0.25, 0.3) is 0 Å². The highest BCUT2D eigenvalue weighted by molar-refractivity contribution is 5.78. The summed E-state index contributed by atoms with van der Waals surface area (Å²) in [4.78, 5) is 25.8. The third-order valence-corrected chi connectivity index (χ3v) is 7.77. The first-order valence-electron chi connectivity index (χ1n) is 11.2. The van der Waals surface area contributed by atoms with Crippen molar-refractivity contribution in [3.05, 3.63) is 0 Å². The molecule has 5 fully saturated rings. The molecule has 5 aliphatic rings. The van der Waals surface area contributed by atoms with E-state index in [0.29, 0.717) is 12.5 Å². The monoisotopic (exact) mass is 408 g/mol. The number of esters is 2. The van der Waals surface area contributed by atoms with Gasteiger partial charge in [0.15, 0.2) is 5.79 Å². The van der Waals surface area contributed by atoms with Crippen LogP contribution in [-0.4, -0.2) is 43.1 Å². The van der Waals surface area contributed by atoms with Crippen LogP contribution in [0.3, 0.4) is 0 Å². The smallest absolute Gasteiger partial charge is 0.312 e. The molecule has 4 aliphatic carbocycles. The van der Waals surface area contributed by atoms with Crippen LogP contribution in [0.2, 0.25) is 0 Å². The van der Waals surface area contributed by atoms with Crippen molar-refractivity contribution in [2.75, 3.05) is 13.2 Å². The zero-order valence-corrected chi connectivity index (χ0v) is 18.5. The first kappa shape index (κ1) is 21.1. The first-order chi connectivity index (χ1) is 13.5. The Hall–Kier alpha value is -1.14. The van der Waals surface area contributed by atoms with Gasteiger partial charge in [0.05, 0.1) is 17.4 Å². The molecule has 4 saturated carbocycles. The highest BCUT2D eigenvalue weighted by Gasteiger charge is 2.60. The lowest BCUT2D eigenvalue weighted by molar-refractivity contribution is -0.202. The van der Waals surface area contributed by atoms with Crippen LogP contribution in [0.15, 0.2) is 0 Å². The summed E-state index contributed by atoms with van der Waals surface area (Å²) in [7, 11) is 0. The first-order valence-corrected chi connectivity index (χ1v) is 11.2. The van der Waals surface area contributed by atoms with Gasteiger partial charge in [0, 0.05) is 0 Å². The number of carbonyl (C=O) groups is 2. The Morgan fingerprint density at radius 2 is 1.76 bits per heavy atom. The van der Waals surface area contributed by atoms with E-state index >= 15 is 0 Å². The molecule has 0 aromatic heterocycles. The molecule has 0 spiro atoms. The number of carbonyl (C=O) groups excluding carboxylic acids is 2. The molecule has 29 heavy (non-hydrogen) atoms. The van der Waals surface area contributed by atoms with Crippen molar-refractivity contribution in [2.45, 2.75) is 91.1 Å². The van der Waals surface area contributed by atoms with E-state index in [1.807, 2.05) is 34.6 Å². The standard InChI is InChI=1S/C23H36O6/c1-6-21(2,3)19(24)28-18-15-7-14-8-16(18)11-23(9-14,10-15)20(25)26-12-17-13-27-22(4,5)29-17/h14-18H,6-13H2,1-5H3. The average Bonchev–Trinajstić information content (AvgIpc) is 3.00. The lowest BCUT2D eigenvalue weighted by Crippen LogP contribution is -2.58. The maximum Gasteiger partial charge on any atom is 0.312 e. The maximum absolute atomic E-state index is 13.1. The van der Waals surface area contributed by atoms with Crippen molar-refractivity contribution in [1.29, 1.82) is 0 Å². The Labute approximate surface area is 174 Å². The summed E-state index contributed by atoms with van der Waals surface area (Å²) >= 11 is 0. The normalized spacial score (nSPS) is 40.1. The molecule has 164 valence electrons. The zero-order valence-electron chi connectivity index (χ0n) is 18.5. The highest BCUT2D eigenvalue weighted by atomic mass is 16.7. The van der Waals surface area contributed by atoms with Crippen LogP contribution in [0, 0.1) is 28.6 Å². The van der Waals surface area contributed by atoms with Gasteiger partial charge in [0.1, 0.15) is 18.8 Å². The predicted molar refractivity (Wildman–Crippen MR) is 106 cm³/mol. The Morgan fingerprint density at radius 3 is 2.31 bits per heavy atom. The quantitative estimate of drug-likeness (QED) is 0.622. The maximum atomic E-state index is 13.1. The number of rotatable bonds is 6. The van der Waals surface area contributed by atoms with Gasteiger partial charge in [-0.2, -0.15) is 0 Å². The van der Waals surface area contributed by atoms with Gasteiger partial charge < -0.3 is 18.9 Å². The Morgan fingerprint density at radius 1 is 1.10 bits per heavy atom. The minimum absolute atomic E-state index is 0.0434. The topological polar surface area (TPSA) is 71.1 Å². The molecule has 6 heteroatoms. The Bertz CT molecular complexity index is 652. The lowest BCUT2D eigenvalue weighted by atomic mass is 9.48. The van der Waals surface area contributed by atoms with Crippen molar-refractivity contribution in [3.8, 4) is 0 Å². The van der Waals surface area contributed by atoms with E-state index < -0.39 is 16.6 Å². The predicted octanol–water partition coefficient (Wildman–Crippen LogP) is 3.86. The third-order valence-electron chi connectivity index (χ3n) is 7.77. The molecule has 5 rings (SSSR count). The second-order valence-electron chi connectivity index (χ2n) is 10.9. The summed E-state index contributed by atoms with van der Waals surface area (Å²) in [6.07, 6.45) is 5.09. The van der Waals surface area contributed by atoms with Gasteiger partial charge in [-0.15, -0.1) is 0 Å². The molecule has 4 bridgehead atoms. The number of hydrogen-bond acceptors (Lipinski definition) is 6. The summed E-state index contributed by atoms with van der Waals surface area (Å²) in [5, 5.41) is 0. The van der Waals surface area contributed by atoms with Crippen molar-refractivity contribution in [1.82, 2.24) is 0 Å². The van der Waals surface area contributed by atoms with E-state index in [4.69, 9.17) is 18.9 Å². The summed E-state index contributed by atoms with van der Waals surface area (Å²) in [6, 6.07) is 0. The molecule has 6 nitrogen and oxygen atoms in total. The molecule has 3 atom stereocenters. The van der Waals surface area contributed by atoms with E-state index in [-0.39, 0.29) is 42.6 Å². The fraction of sp³-hybridized carbons (Fsp3) is 0.913. The SMILES string of the molecule is CCC(C)(C)C(=O)OC1C2CC3CC1CC(C(=O)OCC1COC(C)(C)O1)(C3)C2. The molecule has 0 aromatic carbocycles. The molecule has 0 aromatic rings. The molecular weight excluding hydrogens is 372 g/mol. The van der Waals surface area contributed by atoms with Crippen molar-refractivity contribution in [3.63, 3.8) is 0 Å². The van der Waals surface area contributed by atoms with Crippen LogP contribution >= 0.6 is 0 Å². The van der Waals surface area contributed by atoms with Gasteiger partial charge in [0.2, 0.25) is 0 Å². The van der Waals surface area contributed by atoms with E-state index in [1.54, 1.807) is 0 Å². The van der Waals surface area contributed by atoms with E-state index in [9.17, 15) is 9.59 Å². The van der Waals surface area contributed by atoms with Crippen LogP contribution in [0.1, 0.15) is 73.1 Å². The van der Waals surface area contributed by atoms with Gasteiger partial charge >= 0.3 is 11.9 Å². The van der Waals surface area contributed by atoms with Crippen molar-refractivity contribution in [2.24, 2.45) is 28.6 Å². The fourth-order valence-electron chi connectivity index (χ4n) is 6.01. The summed E-state index contributed by atoms with van der Waals surface area (Å²) in [5.74, 6) is 0.283. The second kappa shape index (κ2) is 7.23. The Balaban J connectivity index is 1.39. The molecule has 3 unspecified atom stereocenters. The molecule has 0 radical (unpaired) electrons. The average molecular weight is 409 g/mol. The van der Waals surface area contributed by atoms with Gasteiger partial charge in [-0.3, -0.25) is 9.59 Å². The van der Waals surface area contributed by atoms with Crippen LogP contribution in [0.5, 0.6) is 0 Å². The Kier molecular flexibility index (Phi) is 5.26. The van der Waals surface area contributed by atoms with Crippen molar-refractivity contribution >= 4 is 11.9 Å². The minimum atomic E-state index is -0.610. The summed E-state index contributed by atoms with van der Waals surface area (Å²) in [5.41, 5.74) is -0.864. The molecular formula is C23H36O6. The lowest BCUT2D eigenvalue weighted by Gasteiger charge is -2.58. The number of ether oxygens (including phenoxy) is 4. The van der Waals surface area contributed by atoms with Crippen LogP contribution < -0.4 is 0 Å². The highest BCUT2D eigenvalue weighted by Crippen LogP contribution is 2.61. The van der Waals surface area contributed by atoms with E-state index in [2.05, 4.69) is 0 Å². The van der Waals surface area contributed by atoms with Gasteiger partial charge in [-0.05, 0) is 84.0 Å². The molecule has 1 saturated heterocycles. The molecule has 0 N–H and O–H groups in total. The summed E-state index contributed by atoms with van der Waals surface area (Å²) < 4.78 is 23.1. The molecule has 0 amide bonds. The van der Waals surface area contributed by atoms with Crippen LogP contribution in [0.4, 0.5) is 0 Å². The minimum Gasteiger partial charge on any atom is -0.462 e. The molecule has 1 aliphatic heterocycles. The largest absolute Gasteiger partial charge is 0.462 e. The fourth-order valence-corrected chi connectivity index (χ4v) is 6.01. The molecule has 1 heterocycles. The van der Waals surface area contributed by atoms with E-state index in [1.165, 1.54) is 0 Å². The second-order valence-corrected chi connectivity index (χ2v) is 10.9. The van der Waals surface area contributed by atoms with Crippen molar-refractivity contribution < 1.29 is 28.5 Å².